The second-order valence-electron chi connectivity index (χ2n) is 3.30. The number of benzene rings is 1. The molecule has 2 rings (SSSR count). The molecule has 0 amide bonds. The van der Waals surface area contributed by atoms with Gasteiger partial charge in [-0.05, 0) is 40.7 Å². The number of hydrogen-bond donors (Lipinski definition) is 1. The van der Waals surface area contributed by atoms with Crippen molar-refractivity contribution >= 4 is 42.8 Å². The molecular weight excluding hydrogens is 322 g/mol. The van der Waals surface area contributed by atoms with Crippen molar-refractivity contribution in [2.24, 2.45) is 0 Å². The van der Waals surface area contributed by atoms with Crippen LogP contribution in [0.5, 0.6) is 0 Å². The lowest BCUT2D eigenvalue weighted by Crippen LogP contribution is -2.10. The Bertz CT molecular complexity index is 479. The van der Waals surface area contributed by atoms with Crippen LogP contribution in [0.1, 0.15) is 12.7 Å². The van der Waals surface area contributed by atoms with Gasteiger partial charge in [0.25, 0.3) is 0 Å². The molecule has 0 spiro atoms. The summed E-state index contributed by atoms with van der Waals surface area (Å²) in [4.78, 5) is 0. The van der Waals surface area contributed by atoms with Crippen molar-refractivity contribution in [3.8, 4) is 0 Å². The van der Waals surface area contributed by atoms with E-state index in [1.54, 1.807) is 0 Å². The molecular formula is C11H11Br2NO. The number of fused-ring (bicyclic) bond motifs is 1. The van der Waals surface area contributed by atoms with Crippen LogP contribution >= 0.6 is 31.9 Å². The molecule has 0 aliphatic carbocycles. The Balaban J connectivity index is 2.41. The molecule has 0 saturated carbocycles. The average molecular weight is 333 g/mol. The third-order valence-electron chi connectivity index (χ3n) is 2.14. The first-order valence-corrected chi connectivity index (χ1v) is 6.37. The summed E-state index contributed by atoms with van der Waals surface area (Å²) in [5.74, 6) is 0.964. The van der Waals surface area contributed by atoms with Crippen LogP contribution in [0.25, 0.3) is 11.0 Å². The van der Waals surface area contributed by atoms with Gasteiger partial charge in [-0.3, -0.25) is 0 Å². The molecule has 1 N–H and O–H groups in total. The first kappa shape index (κ1) is 11.2. The van der Waals surface area contributed by atoms with Crippen molar-refractivity contribution in [1.82, 2.24) is 5.32 Å². The van der Waals surface area contributed by atoms with Crippen LogP contribution in [0.15, 0.2) is 31.6 Å². The fourth-order valence-corrected chi connectivity index (χ4v) is 2.80. The highest BCUT2D eigenvalue weighted by atomic mass is 79.9. The molecule has 1 heterocycles. The van der Waals surface area contributed by atoms with Gasteiger partial charge in [0, 0.05) is 9.86 Å². The standard InChI is InChI=1S/C11H11Br2NO/c1-2-14-6-9-4-7-3-8(12)5-10(13)11(7)15-9/h3-5,14H,2,6H2,1H3. The van der Waals surface area contributed by atoms with Crippen LogP contribution in [0, 0.1) is 0 Å². The molecule has 15 heavy (non-hydrogen) atoms. The van der Waals surface area contributed by atoms with Crippen LogP contribution in [-0.2, 0) is 6.54 Å². The van der Waals surface area contributed by atoms with E-state index in [-0.39, 0.29) is 0 Å². The van der Waals surface area contributed by atoms with Crippen molar-refractivity contribution < 1.29 is 4.42 Å². The van der Waals surface area contributed by atoms with Gasteiger partial charge in [-0.25, -0.2) is 0 Å². The summed E-state index contributed by atoms with van der Waals surface area (Å²) in [6, 6.07) is 6.11. The highest BCUT2D eigenvalue weighted by Crippen LogP contribution is 2.30. The Labute approximate surface area is 105 Å². The van der Waals surface area contributed by atoms with Gasteiger partial charge in [0.2, 0.25) is 0 Å². The van der Waals surface area contributed by atoms with Gasteiger partial charge in [0.05, 0.1) is 11.0 Å². The summed E-state index contributed by atoms with van der Waals surface area (Å²) in [5.41, 5.74) is 0.908. The Hall–Kier alpha value is -0.320. The van der Waals surface area contributed by atoms with Gasteiger partial charge in [0.1, 0.15) is 11.3 Å². The summed E-state index contributed by atoms with van der Waals surface area (Å²) in [7, 11) is 0. The maximum Gasteiger partial charge on any atom is 0.148 e. The van der Waals surface area contributed by atoms with Gasteiger partial charge in [-0.2, -0.15) is 0 Å². The summed E-state index contributed by atoms with van der Waals surface area (Å²) in [5, 5.41) is 4.35. The largest absolute Gasteiger partial charge is 0.459 e. The van der Waals surface area contributed by atoms with E-state index in [9.17, 15) is 0 Å². The minimum atomic E-state index is 0.773. The van der Waals surface area contributed by atoms with Crippen molar-refractivity contribution in [2.75, 3.05) is 6.54 Å². The van der Waals surface area contributed by atoms with Gasteiger partial charge in [0.15, 0.2) is 0 Å². The topological polar surface area (TPSA) is 25.2 Å². The number of hydrogen-bond acceptors (Lipinski definition) is 2. The fraction of sp³-hybridized carbons (Fsp3) is 0.273. The van der Waals surface area contributed by atoms with Crippen LogP contribution in [0.3, 0.4) is 0 Å². The molecule has 80 valence electrons. The van der Waals surface area contributed by atoms with Crippen molar-refractivity contribution in [3.63, 3.8) is 0 Å². The SMILES string of the molecule is CCNCc1cc2cc(Br)cc(Br)c2o1. The molecule has 2 aromatic rings. The highest BCUT2D eigenvalue weighted by molar-refractivity contribution is 9.11. The Kier molecular flexibility index (Phi) is 3.49. The van der Waals surface area contributed by atoms with Crippen LogP contribution in [-0.4, -0.2) is 6.54 Å². The zero-order valence-corrected chi connectivity index (χ0v) is 11.5. The average Bonchev–Trinajstić information content (AvgIpc) is 2.57. The molecule has 1 aromatic carbocycles. The summed E-state index contributed by atoms with van der Waals surface area (Å²) in [6.45, 7) is 3.80. The predicted octanol–water partition coefficient (Wildman–Crippen LogP) is 4.07. The highest BCUT2D eigenvalue weighted by Gasteiger charge is 2.07. The minimum absolute atomic E-state index is 0.773. The van der Waals surface area contributed by atoms with Gasteiger partial charge in [-0.15, -0.1) is 0 Å². The second kappa shape index (κ2) is 4.68. The number of rotatable bonds is 3. The molecule has 0 fully saturated rings. The smallest absolute Gasteiger partial charge is 0.148 e. The monoisotopic (exact) mass is 331 g/mol. The molecule has 0 bridgehead atoms. The molecule has 0 radical (unpaired) electrons. The van der Waals surface area contributed by atoms with E-state index >= 15 is 0 Å². The Morgan fingerprint density at radius 3 is 2.80 bits per heavy atom. The molecule has 0 atom stereocenters. The predicted molar refractivity (Wildman–Crippen MR) is 69.0 cm³/mol. The van der Waals surface area contributed by atoms with Gasteiger partial charge >= 0.3 is 0 Å². The maximum atomic E-state index is 5.73. The molecule has 0 saturated heterocycles. The lowest BCUT2D eigenvalue weighted by molar-refractivity contribution is 0.519. The summed E-state index contributed by atoms with van der Waals surface area (Å²) in [6.07, 6.45) is 0. The lowest BCUT2D eigenvalue weighted by atomic mass is 10.2. The first-order valence-electron chi connectivity index (χ1n) is 4.79. The van der Waals surface area contributed by atoms with Crippen LogP contribution in [0.2, 0.25) is 0 Å². The Morgan fingerprint density at radius 2 is 2.07 bits per heavy atom. The van der Waals surface area contributed by atoms with E-state index in [1.165, 1.54) is 0 Å². The Morgan fingerprint density at radius 1 is 1.27 bits per heavy atom. The first-order chi connectivity index (χ1) is 7.20. The van der Waals surface area contributed by atoms with Crippen LogP contribution < -0.4 is 5.32 Å². The molecule has 0 unspecified atom stereocenters. The van der Waals surface area contributed by atoms with Gasteiger partial charge < -0.3 is 9.73 Å². The van der Waals surface area contributed by atoms with Crippen LogP contribution in [0.4, 0.5) is 0 Å². The number of halogens is 2. The number of furan rings is 1. The van der Waals surface area contributed by atoms with Crippen molar-refractivity contribution in [3.05, 3.63) is 32.9 Å². The summed E-state index contributed by atoms with van der Waals surface area (Å²) >= 11 is 6.94. The number of nitrogens with one attached hydrogen (secondary N) is 1. The van der Waals surface area contributed by atoms with E-state index in [4.69, 9.17) is 4.42 Å². The molecule has 4 heteroatoms. The van der Waals surface area contributed by atoms with Crippen molar-refractivity contribution in [2.45, 2.75) is 13.5 Å². The van der Waals surface area contributed by atoms with E-state index in [0.29, 0.717) is 0 Å². The van der Waals surface area contributed by atoms with Gasteiger partial charge in [-0.1, -0.05) is 22.9 Å². The van der Waals surface area contributed by atoms with E-state index < -0.39 is 0 Å². The molecule has 2 nitrogen and oxygen atoms in total. The molecule has 1 aromatic heterocycles. The van der Waals surface area contributed by atoms with E-state index in [1.807, 2.05) is 6.07 Å². The second-order valence-corrected chi connectivity index (χ2v) is 5.07. The molecule has 0 aliphatic heterocycles. The normalized spacial score (nSPS) is 11.1. The zero-order chi connectivity index (χ0) is 10.8. The van der Waals surface area contributed by atoms with E-state index in [2.05, 4.69) is 56.2 Å². The minimum Gasteiger partial charge on any atom is -0.459 e. The maximum absolute atomic E-state index is 5.73. The molecule has 0 aliphatic rings. The zero-order valence-electron chi connectivity index (χ0n) is 8.31. The third-order valence-corrected chi connectivity index (χ3v) is 3.18. The third kappa shape index (κ3) is 2.44. The fourth-order valence-electron chi connectivity index (χ4n) is 1.46. The summed E-state index contributed by atoms with van der Waals surface area (Å²) < 4.78 is 7.76. The lowest BCUT2D eigenvalue weighted by Gasteiger charge is -1.96. The quantitative estimate of drug-likeness (QED) is 0.916. The van der Waals surface area contributed by atoms with E-state index in [0.717, 1.165) is 38.8 Å². The van der Waals surface area contributed by atoms with Crippen molar-refractivity contribution in [1.29, 1.82) is 0 Å².